The molecule has 1 saturated heterocycles. The van der Waals surface area contributed by atoms with Crippen LogP contribution in [0.3, 0.4) is 0 Å². The van der Waals surface area contributed by atoms with Gasteiger partial charge in [0.1, 0.15) is 0 Å². The Kier molecular flexibility index (Phi) is 3.99. The molecule has 0 radical (unpaired) electrons. The number of carbonyl (C=O) groups excluding carboxylic acids is 2. The Morgan fingerprint density at radius 1 is 1.16 bits per heavy atom. The van der Waals surface area contributed by atoms with Crippen molar-refractivity contribution in [3.63, 3.8) is 0 Å². The quantitative estimate of drug-likeness (QED) is 0.866. The molecule has 4 rings (SSSR count). The van der Waals surface area contributed by atoms with Crippen molar-refractivity contribution in [1.29, 1.82) is 0 Å². The van der Waals surface area contributed by atoms with Gasteiger partial charge in [-0.05, 0) is 44.0 Å². The van der Waals surface area contributed by atoms with Crippen LogP contribution < -0.4 is 4.90 Å². The first kappa shape index (κ1) is 15.8. The highest BCUT2D eigenvalue weighted by atomic mass is 16.2. The predicted octanol–water partition coefficient (Wildman–Crippen LogP) is 3.10. The second kappa shape index (κ2) is 6.31. The van der Waals surface area contributed by atoms with Gasteiger partial charge in [-0.25, -0.2) is 0 Å². The van der Waals surface area contributed by atoms with Crippen LogP contribution in [0, 0.1) is 6.92 Å². The van der Waals surface area contributed by atoms with E-state index in [4.69, 9.17) is 0 Å². The van der Waals surface area contributed by atoms with Crippen LogP contribution in [0.1, 0.15) is 46.9 Å². The van der Waals surface area contributed by atoms with Crippen LogP contribution in [0.5, 0.6) is 0 Å². The molecule has 0 spiro atoms. The van der Waals surface area contributed by atoms with Crippen molar-refractivity contribution in [2.75, 3.05) is 18.0 Å². The van der Waals surface area contributed by atoms with Gasteiger partial charge in [0.05, 0.1) is 23.7 Å². The minimum Gasteiger partial charge on any atom is -0.343 e. The van der Waals surface area contributed by atoms with Gasteiger partial charge in [0.2, 0.25) is 5.91 Å². The molecule has 5 heteroatoms. The summed E-state index contributed by atoms with van der Waals surface area (Å²) >= 11 is 0. The van der Waals surface area contributed by atoms with E-state index in [9.17, 15) is 9.59 Å². The maximum atomic E-state index is 13.0. The third kappa shape index (κ3) is 2.80. The topological polar surface area (TPSA) is 53.5 Å². The number of rotatable bonds is 3. The van der Waals surface area contributed by atoms with Crippen LogP contribution in [0.15, 0.2) is 42.6 Å². The Hall–Kier alpha value is -2.69. The number of benzene rings is 1. The van der Waals surface area contributed by atoms with E-state index < -0.39 is 0 Å². The lowest BCUT2D eigenvalue weighted by molar-refractivity contribution is -0.130. The molecule has 128 valence electrons. The molecule has 2 amide bonds. The van der Waals surface area contributed by atoms with Gasteiger partial charge in [0.15, 0.2) is 0 Å². The van der Waals surface area contributed by atoms with Crippen molar-refractivity contribution < 1.29 is 9.59 Å². The Bertz CT molecular complexity index is 810. The summed E-state index contributed by atoms with van der Waals surface area (Å²) in [5, 5.41) is 0. The van der Waals surface area contributed by atoms with Crippen LogP contribution >= 0.6 is 0 Å². The lowest BCUT2D eigenvalue weighted by Gasteiger charge is -2.26. The second-order valence-corrected chi connectivity index (χ2v) is 6.75. The van der Waals surface area contributed by atoms with E-state index in [1.165, 1.54) is 0 Å². The summed E-state index contributed by atoms with van der Waals surface area (Å²) < 4.78 is 0. The molecule has 1 fully saturated rings. The number of likely N-dealkylation sites (tertiary alicyclic amines) is 1. The van der Waals surface area contributed by atoms with Crippen LogP contribution in [0.25, 0.3) is 0 Å². The van der Waals surface area contributed by atoms with Gasteiger partial charge in [-0.15, -0.1) is 0 Å². The number of nitrogens with zero attached hydrogens (tertiary/aromatic N) is 3. The maximum absolute atomic E-state index is 13.0. The summed E-state index contributed by atoms with van der Waals surface area (Å²) in [6.07, 6.45) is 4.10. The molecular formula is C20H21N3O2. The first-order valence-electron chi connectivity index (χ1n) is 8.78. The molecular weight excluding hydrogens is 314 g/mol. The molecule has 2 aliphatic rings. The summed E-state index contributed by atoms with van der Waals surface area (Å²) in [4.78, 5) is 33.7. The van der Waals surface area contributed by atoms with Crippen molar-refractivity contribution in [3.8, 4) is 0 Å². The van der Waals surface area contributed by atoms with E-state index >= 15 is 0 Å². The molecule has 1 atom stereocenters. The van der Waals surface area contributed by atoms with Crippen LogP contribution in [0.2, 0.25) is 0 Å². The smallest absolute Gasteiger partial charge is 0.260 e. The maximum Gasteiger partial charge on any atom is 0.260 e. The van der Waals surface area contributed by atoms with E-state index in [0.717, 1.165) is 37.2 Å². The standard InChI is InChI=1S/C20H21N3O2/c1-14-6-8-15(9-7-14)23-17(13-18(24)22-11-2-3-12-22)19-16(20(23)25)5-4-10-21-19/h4-10,17H,2-3,11-13H2,1H3. The van der Waals surface area contributed by atoms with Crippen molar-refractivity contribution in [2.24, 2.45) is 0 Å². The number of hydrogen-bond donors (Lipinski definition) is 0. The molecule has 0 aliphatic carbocycles. The molecule has 1 unspecified atom stereocenters. The molecule has 0 bridgehead atoms. The Labute approximate surface area is 147 Å². The number of amides is 2. The SMILES string of the molecule is Cc1ccc(N2C(=O)c3cccnc3C2CC(=O)N2CCCC2)cc1. The number of fused-ring (bicyclic) bond motifs is 1. The number of hydrogen-bond acceptors (Lipinski definition) is 3. The lowest BCUT2D eigenvalue weighted by atomic mass is 10.1. The van der Waals surface area contributed by atoms with Crippen LogP contribution in [0.4, 0.5) is 5.69 Å². The van der Waals surface area contributed by atoms with Gasteiger partial charge in [-0.1, -0.05) is 17.7 Å². The van der Waals surface area contributed by atoms with Crippen molar-refractivity contribution in [3.05, 3.63) is 59.4 Å². The minimum absolute atomic E-state index is 0.0776. The van der Waals surface area contributed by atoms with E-state index in [0.29, 0.717) is 11.3 Å². The fourth-order valence-corrected chi connectivity index (χ4v) is 3.71. The molecule has 2 aromatic rings. The third-order valence-corrected chi connectivity index (χ3v) is 5.05. The highest BCUT2D eigenvalue weighted by Gasteiger charge is 2.40. The lowest BCUT2D eigenvalue weighted by Crippen LogP contribution is -2.34. The normalized spacial score (nSPS) is 19.4. The zero-order valence-corrected chi connectivity index (χ0v) is 14.3. The fraction of sp³-hybridized carbons (Fsp3) is 0.350. The number of anilines is 1. The molecule has 0 saturated carbocycles. The Balaban J connectivity index is 1.69. The van der Waals surface area contributed by atoms with Gasteiger partial charge in [-0.3, -0.25) is 19.5 Å². The summed E-state index contributed by atoms with van der Waals surface area (Å²) in [6.45, 7) is 3.65. The van der Waals surface area contributed by atoms with E-state index in [2.05, 4.69) is 4.98 Å². The van der Waals surface area contributed by atoms with Crippen molar-refractivity contribution in [1.82, 2.24) is 9.88 Å². The van der Waals surface area contributed by atoms with E-state index in [-0.39, 0.29) is 24.3 Å². The molecule has 2 aliphatic heterocycles. The highest BCUT2D eigenvalue weighted by molar-refractivity contribution is 6.11. The molecule has 1 aromatic heterocycles. The zero-order chi connectivity index (χ0) is 17.4. The van der Waals surface area contributed by atoms with Gasteiger partial charge in [0, 0.05) is 25.0 Å². The zero-order valence-electron chi connectivity index (χ0n) is 14.3. The summed E-state index contributed by atoms with van der Waals surface area (Å²) in [7, 11) is 0. The first-order valence-corrected chi connectivity index (χ1v) is 8.78. The third-order valence-electron chi connectivity index (χ3n) is 5.05. The van der Waals surface area contributed by atoms with Gasteiger partial charge >= 0.3 is 0 Å². The number of pyridine rings is 1. The highest BCUT2D eigenvalue weighted by Crippen LogP contribution is 2.38. The largest absolute Gasteiger partial charge is 0.343 e. The minimum atomic E-state index is -0.334. The summed E-state index contributed by atoms with van der Waals surface area (Å²) in [6, 6.07) is 11.1. The van der Waals surface area contributed by atoms with E-state index in [1.807, 2.05) is 36.1 Å². The van der Waals surface area contributed by atoms with Gasteiger partial charge < -0.3 is 4.90 Å². The predicted molar refractivity (Wildman–Crippen MR) is 95.4 cm³/mol. The van der Waals surface area contributed by atoms with E-state index in [1.54, 1.807) is 23.2 Å². The molecule has 3 heterocycles. The monoisotopic (exact) mass is 335 g/mol. The summed E-state index contributed by atoms with van der Waals surface area (Å²) in [5.41, 5.74) is 3.26. The number of aromatic nitrogens is 1. The average Bonchev–Trinajstić information content (AvgIpc) is 3.25. The van der Waals surface area contributed by atoms with Crippen LogP contribution in [-0.2, 0) is 4.79 Å². The average molecular weight is 335 g/mol. The molecule has 5 nitrogen and oxygen atoms in total. The number of aryl methyl sites for hydroxylation is 1. The van der Waals surface area contributed by atoms with Gasteiger partial charge in [-0.2, -0.15) is 0 Å². The number of carbonyl (C=O) groups is 2. The Morgan fingerprint density at radius 3 is 2.60 bits per heavy atom. The first-order chi connectivity index (χ1) is 12.1. The second-order valence-electron chi connectivity index (χ2n) is 6.75. The van der Waals surface area contributed by atoms with Crippen molar-refractivity contribution in [2.45, 2.75) is 32.2 Å². The van der Waals surface area contributed by atoms with Crippen molar-refractivity contribution >= 4 is 17.5 Å². The molecule has 25 heavy (non-hydrogen) atoms. The fourth-order valence-electron chi connectivity index (χ4n) is 3.71. The molecule has 1 aromatic carbocycles. The molecule has 0 N–H and O–H groups in total. The van der Waals surface area contributed by atoms with Gasteiger partial charge in [0.25, 0.3) is 5.91 Å². The Morgan fingerprint density at radius 2 is 1.88 bits per heavy atom. The van der Waals surface area contributed by atoms with Crippen LogP contribution in [-0.4, -0.2) is 34.8 Å². The summed E-state index contributed by atoms with van der Waals surface area (Å²) in [5.74, 6) is 0.0251.